The number of piperazine rings is 1. The Kier molecular flexibility index (Phi) is 5.34. The second-order valence-corrected chi connectivity index (χ2v) is 7.37. The lowest BCUT2D eigenvalue weighted by Gasteiger charge is -2.36. The minimum Gasteiger partial charge on any atom is -0.368 e. The number of nitrogens with zero attached hydrogens (tertiary/aromatic N) is 3. The first kappa shape index (κ1) is 17.5. The molecule has 0 aliphatic carbocycles. The van der Waals surface area contributed by atoms with E-state index in [4.69, 9.17) is 0 Å². The van der Waals surface area contributed by atoms with E-state index in [0.717, 1.165) is 42.7 Å². The average Bonchev–Trinajstić information content (AvgIpc) is 3.16. The Morgan fingerprint density at radius 1 is 0.963 bits per heavy atom. The number of thiazole rings is 1. The van der Waals surface area contributed by atoms with Gasteiger partial charge in [0.15, 0.2) is 5.13 Å². The van der Waals surface area contributed by atoms with Crippen LogP contribution >= 0.6 is 11.3 Å². The fourth-order valence-corrected chi connectivity index (χ4v) is 3.94. The topological polar surface area (TPSA) is 48.5 Å². The van der Waals surface area contributed by atoms with Gasteiger partial charge in [-0.1, -0.05) is 36.4 Å². The van der Waals surface area contributed by atoms with Crippen molar-refractivity contribution < 1.29 is 4.79 Å². The first-order valence-electron chi connectivity index (χ1n) is 9.12. The zero-order valence-electron chi connectivity index (χ0n) is 15.0. The van der Waals surface area contributed by atoms with Gasteiger partial charge in [0.05, 0.1) is 12.1 Å². The Morgan fingerprint density at radius 3 is 2.33 bits per heavy atom. The van der Waals surface area contributed by atoms with Crippen LogP contribution in [0.4, 0.5) is 16.5 Å². The van der Waals surface area contributed by atoms with Crippen molar-refractivity contribution in [3.63, 3.8) is 0 Å². The summed E-state index contributed by atoms with van der Waals surface area (Å²) >= 11 is 1.53. The molecule has 27 heavy (non-hydrogen) atoms. The van der Waals surface area contributed by atoms with Crippen LogP contribution in [0, 0.1) is 0 Å². The zero-order chi connectivity index (χ0) is 18.5. The molecule has 2 heterocycles. The summed E-state index contributed by atoms with van der Waals surface area (Å²) in [6.45, 7) is 3.25. The third-order valence-corrected chi connectivity index (χ3v) is 5.47. The lowest BCUT2D eigenvalue weighted by atomic mass is 10.2. The summed E-state index contributed by atoms with van der Waals surface area (Å²) in [5.41, 5.74) is 3.05. The molecule has 5 nitrogen and oxygen atoms in total. The van der Waals surface area contributed by atoms with Crippen molar-refractivity contribution in [3.05, 3.63) is 71.7 Å². The molecule has 0 saturated carbocycles. The van der Waals surface area contributed by atoms with Crippen molar-refractivity contribution in [1.29, 1.82) is 0 Å². The number of aromatic nitrogens is 1. The van der Waals surface area contributed by atoms with E-state index in [1.807, 2.05) is 46.7 Å². The minimum atomic E-state index is 0.152. The van der Waals surface area contributed by atoms with Crippen LogP contribution in [0.15, 0.2) is 66.0 Å². The molecule has 1 aromatic heterocycles. The molecule has 3 aromatic rings. The first-order chi connectivity index (χ1) is 13.3. The van der Waals surface area contributed by atoms with E-state index in [2.05, 4.69) is 39.5 Å². The summed E-state index contributed by atoms with van der Waals surface area (Å²) in [4.78, 5) is 21.5. The average molecular weight is 379 g/mol. The molecule has 0 spiro atoms. The Balaban J connectivity index is 1.30. The third-order valence-electron chi connectivity index (χ3n) is 4.66. The monoisotopic (exact) mass is 378 g/mol. The second kappa shape index (κ2) is 8.22. The zero-order valence-corrected chi connectivity index (χ0v) is 15.9. The van der Waals surface area contributed by atoms with E-state index in [0.29, 0.717) is 6.42 Å². The van der Waals surface area contributed by atoms with Crippen molar-refractivity contribution in [2.75, 3.05) is 36.4 Å². The first-order valence-corrected chi connectivity index (χ1v) is 10.0. The summed E-state index contributed by atoms with van der Waals surface area (Å²) in [7, 11) is 0. The molecule has 1 amide bonds. The van der Waals surface area contributed by atoms with Crippen LogP contribution in [0.25, 0.3) is 0 Å². The highest BCUT2D eigenvalue weighted by Crippen LogP contribution is 2.21. The Bertz CT molecular complexity index is 873. The van der Waals surface area contributed by atoms with Crippen molar-refractivity contribution in [2.45, 2.75) is 6.42 Å². The van der Waals surface area contributed by atoms with Crippen LogP contribution in [-0.2, 0) is 11.2 Å². The van der Waals surface area contributed by atoms with Gasteiger partial charge >= 0.3 is 0 Å². The van der Waals surface area contributed by atoms with Gasteiger partial charge in [-0.15, -0.1) is 11.3 Å². The van der Waals surface area contributed by atoms with Gasteiger partial charge in [-0.3, -0.25) is 4.79 Å². The molecule has 0 bridgehead atoms. The van der Waals surface area contributed by atoms with Gasteiger partial charge in [0.2, 0.25) is 5.91 Å². The predicted molar refractivity (Wildman–Crippen MR) is 111 cm³/mol. The van der Waals surface area contributed by atoms with Crippen molar-refractivity contribution >= 4 is 33.8 Å². The van der Waals surface area contributed by atoms with Gasteiger partial charge in [0.25, 0.3) is 0 Å². The van der Waals surface area contributed by atoms with Crippen LogP contribution in [0.2, 0.25) is 0 Å². The summed E-state index contributed by atoms with van der Waals surface area (Å²) in [6.07, 6.45) is 0.359. The van der Waals surface area contributed by atoms with Gasteiger partial charge < -0.3 is 15.1 Å². The molecule has 4 rings (SSSR count). The molecule has 6 heteroatoms. The van der Waals surface area contributed by atoms with Crippen LogP contribution in [0.5, 0.6) is 0 Å². The standard InChI is InChI=1S/C21H22N4OS/c26-20(25-13-11-24(12-14-25)19-9-5-2-6-10-19)15-18-16-27-21(23-18)22-17-7-3-1-4-8-17/h1-10,16H,11-15H2,(H,22,23). The van der Waals surface area contributed by atoms with Crippen LogP contribution in [0.1, 0.15) is 5.69 Å². The molecule has 2 aromatic carbocycles. The SMILES string of the molecule is O=C(Cc1csc(Nc2ccccc2)n1)N1CCN(c2ccccc2)CC1. The minimum absolute atomic E-state index is 0.152. The fraction of sp³-hybridized carbons (Fsp3) is 0.238. The maximum Gasteiger partial charge on any atom is 0.228 e. The highest BCUT2D eigenvalue weighted by molar-refractivity contribution is 7.13. The number of hydrogen-bond donors (Lipinski definition) is 1. The van der Waals surface area contributed by atoms with Gasteiger partial charge in [0, 0.05) is 42.9 Å². The van der Waals surface area contributed by atoms with Crippen molar-refractivity contribution in [1.82, 2.24) is 9.88 Å². The molecule has 0 unspecified atom stereocenters. The molecule has 1 saturated heterocycles. The number of nitrogens with one attached hydrogen (secondary N) is 1. The van der Waals surface area contributed by atoms with Crippen molar-refractivity contribution in [3.8, 4) is 0 Å². The molecule has 138 valence electrons. The summed E-state index contributed by atoms with van der Waals surface area (Å²) < 4.78 is 0. The van der Waals surface area contributed by atoms with Crippen LogP contribution in [-0.4, -0.2) is 42.0 Å². The van der Waals surface area contributed by atoms with Crippen molar-refractivity contribution in [2.24, 2.45) is 0 Å². The van der Waals surface area contributed by atoms with Gasteiger partial charge in [-0.25, -0.2) is 4.98 Å². The molecule has 0 radical (unpaired) electrons. The molecule has 0 atom stereocenters. The Labute approximate surface area is 163 Å². The lowest BCUT2D eigenvalue weighted by molar-refractivity contribution is -0.130. The fourth-order valence-electron chi connectivity index (χ4n) is 3.21. The number of hydrogen-bond acceptors (Lipinski definition) is 5. The lowest BCUT2D eigenvalue weighted by Crippen LogP contribution is -2.49. The maximum absolute atomic E-state index is 12.6. The van der Waals surface area contributed by atoms with Crippen LogP contribution in [0.3, 0.4) is 0 Å². The number of para-hydroxylation sites is 2. The van der Waals surface area contributed by atoms with Crippen LogP contribution < -0.4 is 10.2 Å². The highest BCUT2D eigenvalue weighted by Gasteiger charge is 2.22. The molecule has 1 aliphatic heterocycles. The smallest absolute Gasteiger partial charge is 0.228 e. The molecule has 1 N–H and O–H groups in total. The number of carbonyl (C=O) groups excluding carboxylic acids is 1. The van der Waals surface area contributed by atoms with E-state index in [-0.39, 0.29) is 5.91 Å². The second-order valence-electron chi connectivity index (χ2n) is 6.52. The maximum atomic E-state index is 12.6. The number of carbonyl (C=O) groups is 1. The van der Waals surface area contributed by atoms with E-state index < -0.39 is 0 Å². The number of anilines is 3. The summed E-state index contributed by atoms with van der Waals surface area (Å²) in [5, 5.41) is 6.06. The summed E-state index contributed by atoms with van der Waals surface area (Å²) in [5.74, 6) is 0.152. The molecular formula is C21H22N4OS. The quantitative estimate of drug-likeness (QED) is 0.734. The molecule has 1 fully saturated rings. The van der Waals surface area contributed by atoms with E-state index >= 15 is 0 Å². The molecule has 1 aliphatic rings. The van der Waals surface area contributed by atoms with Gasteiger partial charge in [-0.05, 0) is 24.3 Å². The van der Waals surface area contributed by atoms with E-state index in [1.54, 1.807) is 0 Å². The predicted octanol–water partition coefficient (Wildman–Crippen LogP) is 3.78. The van der Waals surface area contributed by atoms with Gasteiger partial charge in [-0.2, -0.15) is 0 Å². The highest BCUT2D eigenvalue weighted by atomic mass is 32.1. The third kappa shape index (κ3) is 4.46. The largest absolute Gasteiger partial charge is 0.368 e. The summed E-state index contributed by atoms with van der Waals surface area (Å²) in [6, 6.07) is 20.3. The number of benzene rings is 2. The Hall–Kier alpha value is -2.86. The van der Waals surface area contributed by atoms with E-state index in [1.165, 1.54) is 17.0 Å². The normalized spacial score (nSPS) is 14.2. The van der Waals surface area contributed by atoms with E-state index in [9.17, 15) is 4.79 Å². The number of rotatable bonds is 5. The Morgan fingerprint density at radius 2 is 1.63 bits per heavy atom. The molecular weight excluding hydrogens is 356 g/mol. The van der Waals surface area contributed by atoms with Gasteiger partial charge in [0.1, 0.15) is 0 Å². The number of amides is 1.